The molecule has 144 valence electrons. The molecule has 1 atom stereocenters. The van der Waals surface area contributed by atoms with E-state index in [0.29, 0.717) is 13.0 Å². The number of imidazole rings is 1. The molecular weight excluding hydrogens is 332 g/mol. The van der Waals surface area contributed by atoms with Crippen molar-refractivity contribution >= 4 is 11.8 Å². The molecule has 7 heteroatoms. The average Bonchev–Trinajstić information content (AvgIpc) is 3.19. The molecule has 26 heavy (non-hydrogen) atoms. The summed E-state index contributed by atoms with van der Waals surface area (Å²) in [7, 11) is 1.69. The molecule has 0 saturated carbocycles. The summed E-state index contributed by atoms with van der Waals surface area (Å²) in [4.78, 5) is 33.0. The van der Waals surface area contributed by atoms with Crippen molar-refractivity contribution in [3.8, 4) is 0 Å². The van der Waals surface area contributed by atoms with Crippen molar-refractivity contribution in [1.29, 1.82) is 0 Å². The van der Waals surface area contributed by atoms with E-state index >= 15 is 0 Å². The molecule has 0 aliphatic carbocycles. The Bertz CT molecular complexity index is 608. The highest BCUT2D eigenvalue weighted by Gasteiger charge is 2.41. The first-order valence-corrected chi connectivity index (χ1v) is 9.58. The molecule has 1 spiro atoms. The number of hydrogen-bond acceptors (Lipinski definition) is 4. The van der Waals surface area contributed by atoms with E-state index in [-0.39, 0.29) is 23.3 Å². The molecule has 0 radical (unpaired) electrons. The summed E-state index contributed by atoms with van der Waals surface area (Å²) in [5, 5.41) is 0. The number of ether oxygens (including phenoxy) is 1. The van der Waals surface area contributed by atoms with Crippen LogP contribution in [-0.2, 0) is 14.3 Å². The number of carbonyl (C=O) groups is 2. The Balaban J connectivity index is 1.55. The number of aromatic nitrogens is 2. The second-order valence-corrected chi connectivity index (χ2v) is 7.67. The van der Waals surface area contributed by atoms with Gasteiger partial charge in [0.2, 0.25) is 11.8 Å². The third-order valence-electron chi connectivity index (χ3n) is 5.99. The van der Waals surface area contributed by atoms with Crippen LogP contribution in [0, 0.1) is 5.41 Å². The fraction of sp³-hybridized carbons (Fsp3) is 0.737. The van der Waals surface area contributed by atoms with Gasteiger partial charge in [-0.3, -0.25) is 9.59 Å². The lowest BCUT2D eigenvalue weighted by atomic mass is 9.72. The molecule has 0 bridgehead atoms. The van der Waals surface area contributed by atoms with Gasteiger partial charge >= 0.3 is 0 Å². The predicted molar refractivity (Wildman–Crippen MR) is 97.5 cm³/mol. The van der Waals surface area contributed by atoms with Crippen molar-refractivity contribution in [3.05, 3.63) is 18.7 Å². The van der Waals surface area contributed by atoms with Crippen LogP contribution in [0.4, 0.5) is 0 Å². The zero-order valence-electron chi connectivity index (χ0n) is 15.9. The van der Waals surface area contributed by atoms with Crippen molar-refractivity contribution in [3.63, 3.8) is 0 Å². The fourth-order valence-corrected chi connectivity index (χ4v) is 4.21. The summed E-state index contributed by atoms with van der Waals surface area (Å²) in [5.41, 5.74) is 0.177. The Hall–Kier alpha value is -1.89. The summed E-state index contributed by atoms with van der Waals surface area (Å²) < 4.78 is 6.96. The minimum absolute atomic E-state index is 0.154. The van der Waals surface area contributed by atoms with Gasteiger partial charge in [-0.15, -0.1) is 0 Å². The summed E-state index contributed by atoms with van der Waals surface area (Å²) in [5.74, 6) is 0.417. The maximum absolute atomic E-state index is 12.8. The third-order valence-corrected chi connectivity index (χ3v) is 5.99. The van der Waals surface area contributed by atoms with Crippen LogP contribution < -0.4 is 0 Å². The molecule has 1 aromatic heterocycles. The Kier molecular flexibility index (Phi) is 5.96. The van der Waals surface area contributed by atoms with E-state index in [1.54, 1.807) is 19.6 Å². The summed E-state index contributed by atoms with van der Waals surface area (Å²) in [6.45, 7) is 5.76. The standard InChI is InChI=1S/C19H30N4O3/c1-16(23-12-8-20-15-23)18(25)21-10-6-19(7-11-21)5-4-17(24)22(14-19)9-3-13-26-2/h8,12,15-16H,3-7,9-11,13-14H2,1-2H3. The highest BCUT2D eigenvalue weighted by Crippen LogP contribution is 2.40. The average molecular weight is 362 g/mol. The molecule has 1 unspecified atom stereocenters. The molecule has 2 aliphatic heterocycles. The second-order valence-electron chi connectivity index (χ2n) is 7.67. The largest absolute Gasteiger partial charge is 0.385 e. The lowest BCUT2D eigenvalue weighted by Gasteiger charge is -2.47. The van der Waals surface area contributed by atoms with Gasteiger partial charge in [0.05, 0.1) is 6.33 Å². The molecule has 0 N–H and O–H groups in total. The molecule has 2 saturated heterocycles. The van der Waals surface area contributed by atoms with Crippen LogP contribution in [0.25, 0.3) is 0 Å². The minimum Gasteiger partial charge on any atom is -0.385 e. The van der Waals surface area contributed by atoms with Crippen molar-refractivity contribution in [2.45, 2.75) is 45.1 Å². The number of carbonyl (C=O) groups excluding carboxylic acids is 2. The van der Waals surface area contributed by atoms with Crippen LogP contribution in [0.3, 0.4) is 0 Å². The van der Waals surface area contributed by atoms with Crippen LogP contribution in [0.1, 0.15) is 45.1 Å². The first-order valence-electron chi connectivity index (χ1n) is 9.58. The van der Waals surface area contributed by atoms with Crippen LogP contribution >= 0.6 is 0 Å². The number of methoxy groups -OCH3 is 1. The van der Waals surface area contributed by atoms with E-state index in [0.717, 1.165) is 51.9 Å². The number of piperidine rings is 2. The summed E-state index contributed by atoms with van der Waals surface area (Å²) >= 11 is 0. The third kappa shape index (κ3) is 4.09. The van der Waals surface area contributed by atoms with Gasteiger partial charge in [0.25, 0.3) is 0 Å². The van der Waals surface area contributed by atoms with Crippen molar-refractivity contribution < 1.29 is 14.3 Å². The second kappa shape index (κ2) is 8.20. The molecule has 2 amide bonds. The van der Waals surface area contributed by atoms with Crippen LogP contribution in [-0.4, -0.2) is 71.1 Å². The molecule has 2 aliphatic rings. The van der Waals surface area contributed by atoms with Gasteiger partial charge in [0, 0.05) is 58.7 Å². The zero-order chi connectivity index (χ0) is 18.6. The zero-order valence-corrected chi connectivity index (χ0v) is 15.9. The van der Waals surface area contributed by atoms with Gasteiger partial charge in [0.15, 0.2) is 0 Å². The van der Waals surface area contributed by atoms with Gasteiger partial charge in [-0.05, 0) is 38.0 Å². The van der Waals surface area contributed by atoms with Crippen molar-refractivity contribution in [1.82, 2.24) is 19.4 Å². The van der Waals surface area contributed by atoms with Gasteiger partial charge in [-0.25, -0.2) is 4.98 Å². The van der Waals surface area contributed by atoms with E-state index < -0.39 is 0 Å². The van der Waals surface area contributed by atoms with Crippen LogP contribution in [0.2, 0.25) is 0 Å². The SMILES string of the molecule is COCCCN1CC2(CCC1=O)CCN(C(=O)C(C)n1ccnc1)CC2. The number of nitrogens with zero attached hydrogens (tertiary/aromatic N) is 4. The fourth-order valence-electron chi connectivity index (χ4n) is 4.21. The highest BCUT2D eigenvalue weighted by atomic mass is 16.5. The molecule has 3 heterocycles. The number of hydrogen-bond donors (Lipinski definition) is 0. The Morgan fingerprint density at radius 1 is 1.35 bits per heavy atom. The molecule has 7 nitrogen and oxygen atoms in total. The smallest absolute Gasteiger partial charge is 0.245 e. The molecular formula is C19H30N4O3. The Labute approximate surface area is 155 Å². The van der Waals surface area contributed by atoms with Crippen molar-refractivity contribution in [2.75, 3.05) is 39.9 Å². The van der Waals surface area contributed by atoms with E-state index in [1.165, 1.54) is 0 Å². The van der Waals surface area contributed by atoms with Crippen LogP contribution in [0.5, 0.6) is 0 Å². The Morgan fingerprint density at radius 3 is 2.77 bits per heavy atom. The first kappa shape index (κ1) is 18.9. The van der Waals surface area contributed by atoms with Gasteiger partial charge < -0.3 is 19.1 Å². The monoisotopic (exact) mass is 362 g/mol. The maximum atomic E-state index is 12.8. The van der Waals surface area contributed by atoms with E-state index in [4.69, 9.17) is 4.74 Å². The number of amides is 2. The first-order chi connectivity index (χ1) is 12.5. The molecule has 3 rings (SSSR count). The quantitative estimate of drug-likeness (QED) is 0.723. The molecule has 1 aromatic rings. The summed E-state index contributed by atoms with van der Waals surface area (Å²) in [6.07, 6.45) is 9.64. The highest BCUT2D eigenvalue weighted by molar-refractivity contribution is 5.80. The normalized spacial score (nSPS) is 21.2. The van der Waals surface area contributed by atoms with Gasteiger partial charge in [0.1, 0.15) is 6.04 Å². The van der Waals surface area contributed by atoms with E-state index in [9.17, 15) is 9.59 Å². The minimum atomic E-state index is -0.218. The van der Waals surface area contributed by atoms with Crippen molar-refractivity contribution in [2.24, 2.45) is 5.41 Å². The lowest BCUT2D eigenvalue weighted by molar-refractivity contribution is -0.143. The summed E-state index contributed by atoms with van der Waals surface area (Å²) in [6, 6.07) is -0.218. The molecule has 2 fully saturated rings. The van der Waals surface area contributed by atoms with Crippen LogP contribution in [0.15, 0.2) is 18.7 Å². The number of likely N-dealkylation sites (tertiary alicyclic amines) is 2. The lowest BCUT2D eigenvalue weighted by Crippen LogP contribution is -2.53. The Morgan fingerprint density at radius 2 is 2.12 bits per heavy atom. The van der Waals surface area contributed by atoms with Gasteiger partial charge in [-0.1, -0.05) is 0 Å². The van der Waals surface area contributed by atoms with E-state index in [1.807, 2.05) is 27.5 Å². The molecule has 0 aromatic carbocycles. The predicted octanol–water partition coefficient (Wildman–Crippen LogP) is 1.71. The maximum Gasteiger partial charge on any atom is 0.245 e. The number of rotatable bonds is 6. The van der Waals surface area contributed by atoms with Gasteiger partial charge in [-0.2, -0.15) is 0 Å². The van der Waals surface area contributed by atoms with E-state index in [2.05, 4.69) is 4.98 Å². The topological polar surface area (TPSA) is 67.7 Å².